The lowest BCUT2D eigenvalue weighted by molar-refractivity contribution is 0.313. The summed E-state index contributed by atoms with van der Waals surface area (Å²) in [5, 5.41) is 4.65. The van der Waals surface area contributed by atoms with E-state index in [9.17, 15) is 4.55 Å². The van der Waals surface area contributed by atoms with Crippen LogP contribution in [0, 0.1) is 0 Å². The Kier molecular flexibility index (Phi) is 6.22. The maximum Gasteiger partial charge on any atom is 0.152 e. The number of anilines is 3. The summed E-state index contributed by atoms with van der Waals surface area (Å²) < 4.78 is 11.7. The average molecular weight is 457 g/mol. The van der Waals surface area contributed by atoms with Gasteiger partial charge < -0.3 is 19.7 Å². The zero-order chi connectivity index (χ0) is 22.8. The summed E-state index contributed by atoms with van der Waals surface area (Å²) in [5.74, 6) is 0. The first-order valence-electron chi connectivity index (χ1n) is 11.2. The zero-order valence-electron chi connectivity index (χ0n) is 19.0. The van der Waals surface area contributed by atoms with Crippen LogP contribution in [0.25, 0.3) is 22.0 Å². The van der Waals surface area contributed by atoms with Gasteiger partial charge in [-0.15, -0.1) is 0 Å². The molecule has 0 aliphatic carbocycles. The van der Waals surface area contributed by atoms with Gasteiger partial charge in [-0.2, -0.15) is 0 Å². The fourth-order valence-corrected chi connectivity index (χ4v) is 4.77. The van der Waals surface area contributed by atoms with Crippen LogP contribution in [0.3, 0.4) is 0 Å². The van der Waals surface area contributed by atoms with Crippen LogP contribution >= 0.6 is 0 Å². The number of hydrogen-bond donors (Lipinski definition) is 1. The van der Waals surface area contributed by atoms with E-state index < -0.39 is 11.2 Å². The number of nitrogens with one attached hydrogen (secondary N) is 1. The molecular formula is C27H28N4OS. The smallest absolute Gasteiger partial charge is 0.152 e. The molecule has 1 saturated heterocycles. The maximum absolute atomic E-state index is 11.7. The molecule has 1 fully saturated rings. The Labute approximate surface area is 198 Å². The van der Waals surface area contributed by atoms with Gasteiger partial charge in [0.25, 0.3) is 0 Å². The van der Waals surface area contributed by atoms with Crippen molar-refractivity contribution in [2.24, 2.45) is 0 Å². The van der Waals surface area contributed by atoms with E-state index in [1.54, 1.807) is 6.26 Å². The first-order valence-corrected chi connectivity index (χ1v) is 12.8. The summed E-state index contributed by atoms with van der Waals surface area (Å²) in [7, 11) is 2.18. The number of likely N-dealkylation sites (N-methyl/N-ethyl adjacent to an activating group) is 1. The molecule has 5 nitrogen and oxygen atoms in total. The zero-order valence-corrected chi connectivity index (χ0v) is 19.8. The van der Waals surface area contributed by atoms with Crippen LogP contribution in [-0.2, 0) is 11.2 Å². The highest BCUT2D eigenvalue weighted by Crippen LogP contribution is 2.31. The van der Waals surface area contributed by atoms with E-state index >= 15 is 0 Å². The molecule has 0 radical (unpaired) electrons. The van der Waals surface area contributed by atoms with E-state index in [0.717, 1.165) is 64.5 Å². The normalized spacial score (nSPS) is 15.5. The van der Waals surface area contributed by atoms with Gasteiger partial charge in [-0.25, -0.2) is 0 Å². The number of pyridine rings is 1. The number of fused-ring (bicyclic) bond motifs is 1. The quantitative estimate of drug-likeness (QED) is 0.422. The number of nitrogens with zero attached hydrogens (tertiary/aromatic N) is 3. The second-order valence-corrected chi connectivity index (χ2v) is 9.91. The molecule has 6 heteroatoms. The largest absolute Gasteiger partial charge is 0.612 e. The van der Waals surface area contributed by atoms with Crippen molar-refractivity contribution < 1.29 is 4.55 Å². The third kappa shape index (κ3) is 4.83. The minimum absolute atomic E-state index is 0.837. The summed E-state index contributed by atoms with van der Waals surface area (Å²) in [6, 6.07) is 24.9. The molecular weight excluding hydrogens is 428 g/mol. The maximum atomic E-state index is 11.7. The highest BCUT2D eigenvalue weighted by atomic mass is 32.2. The molecule has 2 heterocycles. The van der Waals surface area contributed by atoms with E-state index in [2.05, 4.69) is 69.6 Å². The Hall–Kier alpha value is -3.06. The van der Waals surface area contributed by atoms with Gasteiger partial charge in [-0.05, 0) is 96.1 Å². The number of rotatable bonds is 5. The van der Waals surface area contributed by atoms with E-state index in [0.29, 0.717) is 0 Å². The van der Waals surface area contributed by atoms with E-state index in [4.69, 9.17) is 0 Å². The molecule has 0 bridgehead atoms. The lowest BCUT2D eigenvalue weighted by Gasteiger charge is -2.34. The lowest BCUT2D eigenvalue weighted by atomic mass is 10.0. The van der Waals surface area contributed by atoms with Gasteiger partial charge in [0.05, 0.1) is 5.52 Å². The predicted molar refractivity (Wildman–Crippen MR) is 139 cm³/mol. The molecule has 1 atom stereocenters. The first-order chi connectivity index (χ1) is 16.1. The van der Waals surface area contributed by atoms with Crippen LogP contribution in [0.4, 0.5) is 17.1 Å². The van der Waals surface area contributed by atoms with Crippen molar-refractivity contribution in [3.05, 3.63) is 79.0 Å². The molecule has 0 saturated carbocycles. The molecule has 0 spiro atoms. The van der Waals surface area contributed by atoms with Crippen molar-refractivity contribution in [3.8, 4) is 11.1 Å². The van der Waals surface area contributed by atoms with Crippen LogP contribution in [0.15, 0.2) is 83.9 Å². The standard InChI is InChI=1S/C27H28N4OS/c1-30-15-17-31(18-16-30)23-8-6-22(7-9-23)29-27-13-14-28-26-12-5-21(19-25(26)27)20-3-10-24(11-4-20)33(2)32/h3-14,19H,15-18H2,1-2H3,(H,28,29). The Balaban J connectivity index is 1.39. The predicted octanol–water partition coefficient (Wildman–Crippen LogP) is 5.13. The Morgan fingerprint density at radius 2 is 1.55 bits per heavy atom. The third-order valence-electron chi connectivity index (χ3n) is 6.28. The number of hydrogen-bond acceptors (Lipinski definition) is 5. The van der Waals surface area contributed by atoms with Crippen LogP contribution in [0.2, 0.25) is 0 Å². The number of piperazine rings is 1. The minimum Gasteiger partial charge on any atom is -0.612 e. The molecule has 1 unspecified atom stereocenters. The SMILES string of the molecule is CN1CCN(c2ccc(Nc3ccnc4ccc(-c5ccc([S+](C)[O-])cc5)cc34)cc2)CC1. The van der Waals surface area contributed by atoms with Crippen LogP contribution < -0.4 is 10.2 Å². The van der Waals surface area contributed by atoms with Crippen molar-refractivity contribution in [2.75, 3.05) is 49.7 Å². The van der Waals surface area contributed by atoms with Crippen LogP contribution in [0.1, 0.15) is 0 Å². The van der Waals surface area contributed by atoms with Crippen molar-refractivity contribution in [3.63, 3.8) is 0 Å². The highest BCUT2D eigenvalue weighted by Gasteiger charge is 2.14. The van der Waals surface area contributed by atoms with E-state index in [1.165, 1.54) is 5.69 Å². The topological polar surface area (TPSA) is 54.5 Å². The van der Waals surface area contributed by atoms with Gasteiger partial charge in [0.2, 0.25) is 0 Å². The van der Waals surface area contributed by atoms with Gasteiger partial charge in [-0.3, -0.25) is 4.98 Å². The van der Waals surface area contributed by atoms with Crippen molar-refractivity contribution in [2.45, 2.75) is 4.90 Å². The van der Waals surface area contributed by atoms with Gasteiger partial charge in [0.15, 0.2) is 4.90 Å². The second kappa shape index (κ2) is 9.43. The summed E-state index contributed by atoms with van der Waals surface area (Å²) in [6.45, 7) is 4.33. The van der Waals surface area contributed by atoms with Gasteiger partial charge >= 0.3 is 0 Å². The monoisotopic (exact) mass is 456 g/mol. The minimum atomic E-state index is -0.973. The molecule has 0 amide bonds. The molecule has 1 N–H and O–H groups in total. The summed E-state index contributed by atoms with van der Waals surface area (Å²) in [5.41, 5.74) is 6.51. The third-order valence-corrected chi connectivity index (χ3v) is 7.21. The Bertz CT molecular complexity index is 1230. The fourth-order valence-electron chi connectivity index (χ4n) is 4.25. The van der Waals surface area contributed by atoms with Gasteiger partial charge in [-0.1, -0.05) is 6.07 Å². The van der Waals surface area contributed by atoms with Crippen molar-refractivity contribution in [1.82, 2.24) is 9.88 Å². The van der Waals surface area contributed by atoms with E-state index in [1.807, 2.05) is 36.5 Å². The summed E-state index contributed by atoms with van der Waals surface area (Å²) in [6.07, 6.45) is 3.54. The fraction of sp³-hybridized carbons (Fsp3) is 0.222. The number of aromatic nitrogens is 1. The van der Waals surface area contributed by atoms with Gasteiger partial charge in [0, 0.05) is 54.8 Å². The summed E-state index contributed by atoms with van der Waals surface area (Å²) in [4.78, 5) is 10.2. The second-order valence-electron chi connectivity index (χ2n) is 8.53. The van der Waals surface area contributed by atoms with Crippen molar-refractivity contribution >= 4 is 39.1 Å². The molecule has 33 heavy (non-hydrogen) atoms. The van der Waals surface area contributed by atoms with E-state index in [-0.39, 0.29) is 0 Å². The Morgan fingerprint density at radius 3 is 2.24 bits per heavy atom. The summed E-state index contributed by atoms with van der Waals surface area (Å²) >= 11 is -0.973. The van der Waals surface area contributed by atoms with Crippen LogP contribution in [-0.4, -0.2) is 53.9 Å². The highest BCUT2D eigenvalue weighted by molar-refractivity contribution is 7.90. The molecule has 168 valence electrons. The lowest BCUT2D eigenvalue weighted by Crippen LogP contribution is -2.44. The molecule has 5 rings (SSSR count). The molecule has 1 aliphatic heterocycles. The molecule has 1 aliphatic rings. The number of benzene rings is 3. The first kappa shape index (κ1) is 21.8. The Morgan fingerprint density at radius 1 is 0.848 bits per heavy atom. The molecule has 3 aromatic carbocycles. The van der Waals surface area contributed by atoms with Gasteiger partial charge in [0.1, 0.15) is 6.26 Å². The molecule has 4 aromatic rings. The molecule has 1 aromatic heterocycles. The van der Waals surface area contributed by atoms with Crippen LogP contribution in [0.5, 0.6) is 0 Å². The average Bonchev–Trinajstić information content (AvgIpc) is 2.85. The van der Waals surface area contributed by atoms with Crippen molar-refractivity contribution in [1.29, 1.82) is 0 Å².